The van der Waals surface area contributed by atoms with Crippen molar-refractivity contribution in [3.63, 3.8) is 0 Å². The van der Waals surface area contributed by atoms with Crippen LogP contribution >= 0.6 is 19.9 Å². The Bertz CT molecular complexity index is 192. The molecule has 0 N–H and O–H groups in total. The van der Waals surface area contributed by atoms with Gasteiger partial charge in [0.1, 0.15) is 0 Å². The molecule has 0 amide bonds. The summed E-state index contributed by atoms with van der Waals surface area (Å²) in [6.45, 7) is 13.2. The van der Waals surface area contributed by atoms with E-state index < -0.39 is 28.3 Å². The molecule has 0 saturated carbocycles. The quantitative estimate of drug-likeness (QED) is 0.611. The summed E-state index contributed by atoms with van der Waals surface area (Å²) in [6.07, 6.45) is 0. The third kappa shape index (κ3) is 2.47. The van der Waals surface area contributed by atoms with Gasteiger partial charge in [0.2, 0.25) is 0 Å². The Morgan fingerprint density at radius 2 is 0.929 bits per heavy atom. The third-order valence-corrected chi connectivity index (χ3v) is 24.8. The second kappa shape index (κ2) is 4.13. The molecule has 0 atom stereocenters. The van der Waals surface area contributed by atoms with Crippen LogP contribution in [0.4, 0.5) is 0 Å². The zero-order valence-electron chi connectivity index (χ0n) is 9.54. The van der Waals surface area contributed by atoms with Crippen LogP contribution in [0.2, 0.25) is 0 Å². The van der Waals surface area contributed by atoms with E-state index in [0.717, 1.165) is 0 Å². The molecule has 2 nitrogen and oxygen atoms in total. The van der Waals surface area contributed by atoms with Crippen LogP contribution < -0.4 is 0 Å². The Kier molecular flexibility index (Phi) is 4.04. The van der Waals surface area contributed by atoms with E-state index in [0.29, 0.717) is 0 Å². The summed E-state index contributed by atoms with van der Waals surface area (Å²) in [5.41, 5.74) is 0.288. The zero-order chi connectivity index (χ0) is 11.3. The zero-order valence-corrected chi connectivity index (χ0v) is 14.8. The second-order valence-electron chi connectivity index (χ2n) is 5.40. The Balaban J connectivity index is 2.76. The van der Waals surface area contributed by atoms with Gasteiger partial charge in [-0.05, 0) is 0 Å². The molecular weight excluding hydrogens is 345 g/mol. The van der Waals surface area contributed by atoms with Gasteiger partial charge in [-0.15, -0.1) is 0 Å². The topological polar surface area (TPSA) is 6.48 Å². The molecule has 0 spiro atoms. The molecular formula is C8H18As2Cl2N2. The van der Waals surface area contributed by atoms with Crippen molar-refractivity contribution in [3.05, 3.63) is 0 Å². The summed E-state index contributed by atoms with van der Waals surface area (Å²) in [6, 6.07) is 0. The molecule has 0 unspecified atom stereocenters. The average molecular weight is 363 g/mol. The van der Waals surface area contributed by atoms with Crippen LogP contribution in [0.25, 0.3) is 0 Å². The monoisotopic (exact) mass is 362 g/mol. The first-order valence-electron chi connectivity index (χ1n) is 4.59. The van der Waals surface area contributed by atoms with Gasteiger partial charge in [0.05, 0.1) is 0 Å². The van der Waals surface area contributed by atoms with E-state index in [4.69, 9.17) is 19.9 Å². The molecule has 0 radical (unpaired) electrons. The van der Waals surface area contributed by atoms with E-state index in [9.17, 15) is 0 Å². The number of rotatable bonds is 0. The number of nitrogens with zero attached hydrogens (tertiary/aromatic N) is 2. The summed E-state index contributed by atoms with van der Waals surface area (Å²) < 4.78 is 4.78. The van der Waals surface area contributed by atoms with Crippen LogP contribution in [0, 0.1) is 0 Å². The van der Waals surface area contributed by atoms with E-state index >= 15 is 0 Å². The minimum atomic E-state index is -1.51. The fourth-order valence-corrected chi connectivity index (χ4v) is 24.4. The Labute approximate surface area is 106 Å². The minimum absolute atomic E-state index is 0.144. The molecule has 0 aromatic rings. The van der Waals surface area contributed by atoms with Crippen LogP contribution in [0.1, 0.15) is 41.5 Å². The van der Waals surface area contributed by atoms with E-state index in [1.54, 1.807) is 0 Å². The first-order valence-corrected chi connectivity index (χ1v) is 12.9. The summed E-state index contributed by atoms with van der Waals surface area (Å²) >= 11 is -3.01. The SMILES string of the molecule is CC(C)(C)N1[As](Cl)N(C(C)(C)C)[As]1Cl. The summed E-state index contributed by atoms with van der Waals surface area (Å²) in [4.78, 5) is 0. The maximum absolute atomic E-state index is 6.49. The molecule has 1 aliphatic heterocycles. The van der Waals surface area contributed by atoms with Gasteiger partial charge in [0.15, 0.2) is 0 Å². The van der Waals surface area contributed by atoms with Gasteiger partial charge in [-0.2, -0.15) is 0 Å². The van der Waals surface area contributed by atoms with Gasteiger partial charge < -0.3 is 0 Å². The van der Waals surface area contributed by atoms with Gasteiger partial charge in [-0.1, -0.05) is 0 Å². The number of hydrogen-bond donors (Lipinski definition) is 0. The van der Waals surface area contributed by atoms with Crippen molar-refractivity contribution in [2.24, 2.45) is 0 Å². The first-order chi connectivity index (χ1) is 6.07. The van der Waals surface area contributed by atoms with Gasteiger partial charge in [0, 0.05) is 0 Å². The summed E-state index contributed by atoms with van der Waals surface area (Å²) in [5, 5.41) is 0. The van der Waals surface area contributed by atoms with E-state index in [2.05, 4.69) is 47.0 Å². The Hall–Kier alpha value is 1.62. The molecule has 1 heterocycles. The Morgan fingerprint density at radius 3 is 1.07 bits per heavy atom. The van der Waals surface area contributed by atoms with E-state index in [1.807, 2.05) is 0 Å². The van der Waals surface area contributed by atoms with Crippen LogP contribution in [0.3, 0.4) is 0 Å². The molecule has 1 aliphatic rings. The van der Waals surface area contributed by atoms with Crippen molar-refractivity contribution >= 4 is 48.2 Å². The summed E-state index contributed by atoms with van der Waals surface area (Å²) in [7, 11) is 13.0. The molecule has 0 bridgehead atoms. The van der Waals surface area contributed by atoms with Crippen LogP contribution in [0.15, 0.2) is 0 Å². The molecule has 1 saturated heterocycles. The van der Waals surface area contributed by atoms with Crippen molar-refractivity contribution in [1.82, 2.24) is 5.47 Å². The normalized spacial score (nSPS) is 31.7. The molecule has 1 rings (SSSR count). The predicted molar refractivity (Wildman–Crippen MR) is 66.4 cm³/mol. The van der Waals surface area contributed by atoms with E-state index in [-0.39, 0.29) is 11.1 Å². The third-order valence-electron chi connectivity index (χ3n) is 1.83. The number of hydrogen-bond acceptors (Lipinski definition) is 2. The fraction of sp³-hybridized carbons (Fsp3) is 1.00. The number of halogens is 2. The van der Waals surface area contributed by atoms with Gasteiger partial charge >= 0.3 is 106 Å². The van der Waals surface area contributed by atoms with Crippen molar-refractivity contribution in [2.45, 2.75) is 52.6 Å². The molecule has 6 heteroatoms. The molecule has 0 aromatic carbocycles. The van der Waals surface area contributed by atoms with Crippen molar-refractivity contribution in [3.8, 4) is 0 Å². The van der Waals surface area contributed by atoms with Crippen molar-refractivity contribution in [2.75, 3.05) is 0 Å². The Morgan fingerprint density at radius 1 is 0.714 bits per heavy atom. The predicted octanol–water partition coefficient (Wildman–Crippen LogP) is 2.65. The molecule has 1 fully saturated rings. The molecule has 0 aliphatic carbocycles. The first kappa shape index (κ1) is 13.7. The van der Waals surface area contributed by atoms with Crippen molar-refractivity contribution < 1.29 is 0 Å². The maximum atomic E-state index is 6.49. The van der Waals surface area contributed by atoms with Crippen LogP contribution in [-0.4, -0.2) is 44.9 Å². The van der Waals surface area contributed by atoms with Crippen LogP contribution in [-0.2, 0) is 0 Å². The van der Waals surface area contributed by atoms with Crippen molar-refractivity contribution in [1.29, 1.82) is 0 Å². The standard InChI is InChI=1S/C8H18As2Cl2N2/c1-7(2,3)13-9(11)14(10(13)12)8(4,5)6/h1-6H3. The van der Waals surface area contributed by atoms with Gasteiger partial charge in [-0.25, -0.2) is 0 Å². The molecule has 84 valence electrons. The van der Waals surface area contributed by atoms with E-state index in [1.165, 1.54) is 0 Å². The fourth-order valence-electron chi connectivity index (χ4n) is 1.24. The van der Waals surface area contributed by atoms with Gasteiger partial charge in [0.25, 0.3) is 0 Å². The van der Waals surface area contributed by atoms with Crippen LogP contribution in [0.5, 0.6) is 0 Å². The van der Waals surface area contributed by atoms with Gasteiger partial charge in [-0.3, -0.25) is 0 Å². The second-order valence-corrected chi connectivity index (χ2v) is 16.9. The molecule has 14 heavy (non-hydrogen) atoms. The summed E-state index contributed by atoms with van der Waals surface area (Å²) in [5.74, 6) is 0. The molecule has 0 aromatic heterocycles. The average Bonchev–Trinajstić information content (AvgIpc) is 1.78.